The van der Waals surface area contributed by atoms with Crippen LogP contribution in [0.2, 0.25) is 0 Å². The van der Waals surface area contributed by atoms with Crippen molar-refractivity contribution in [3.63, 3.8) is 0 Å². The largest absolute Gasteiger partial charge is 0.455 e. The second kappa shape index (κ2) is 6.53. The molecule has 0 aliphatic rings. The lowest BCUT2D eigenvalue weighted by Crippen LogP contribution is -2.05. The van der Waals surface area contributed by atoms with Crippen LogP contribution in [0, 0.1) is 13.8 Å². The standard InChI is InChI=1S/C17H22N2O/c1-4-15-17(8-6-13(3)19-15)20-16-7-5-12(2)11-14(16)9-10-18/h5-8,11H,4,9-10,18H2,1-3H3. The van der Waals surface area contributed by atoms with Gasteiger partial charge >= 0.3 is 0 Å². The molecule has 0 unspecified atom stereocenters. The van der Waals surface area contributed by atoms with E-state index in [0.29, 0.717) is 6.54 Å². The van der Waals surface area contributed by atoms with E-state index in [-0.39, 0.29) is 0 Å². The smallest absolute Gasteiger partial charge is 0.148 e. The van der Waals surface area contributed by atoms with Crippen LogP contribution in [-0.4, -0.2) is 11.5 Å². The Labute approximate surface area is 120 Å². The molecule has 3 nitrogen and oxygen atoms in total. The second-order valence-corrected chi connectivity index (χ2v) is 5.00. The van der Waals surface area contributed by atoms with Gasteiger partial charge < -0.3 is 10.5 Å². The number of hydrogen-bond donors (Lipinski definition) is 1. The molecule has 0 aliphatic carbocycles. The zero-order chi connectivity index (χ0) is 14.5. The average molecular weight is 270 g/mol. The van der Waals surface area contributed by atoms with Gasteiger partial charge in [0.15, 0.2) is 0 Å². The van der Waals surface area contributed by atoms with E-state index >= 15 is 0 Å². The van der Waals surface area contributed by atoms with Crippen molar-refractivity contribution < 1.29 is 4.74 Å². The van der Waals surface area contributed by atoms with Crippen molar-refractivity contribution >= 4 is 0 Å². The summed E-state index contributed by atoms with van der Waals surface area (Å²) in [4.78, 5) is 4.53. The first-order valence-electron chi connectivity index (χ1n) is 7.08. The van der Waals surface area contributed by atoms with E-state index < -0.39 is 0 Å². The minimum atomic E-state index is 0.618. The van der Waals surface area contributed by atoms with Crippen molar-refractivity contribution in [1.29, 1.82) is 0 Å². The summed E-state index contributed by atoms with van der Waals surface area (Å²) in [5.74, 6) is 1.71. The third-order valence-electron chi connectivity index (χ3n) is 3.26. The summed E-state index contributed by atoms with van der Waals surface area (Å²) in [6.07, 6.45) is 1.67. The van der Waals surface area contributed by atoms with Crippen molar-refractivity contribution in [3.8, 4) is 11.5 Å². The van der Waals surface area contributed by atoms with Gasteiger partial charge in [-0.15, -0.1) is 0 Å². The first-order valence-corrected chi connectivity index (χ1v) is 7.08. The molecule has 2 N–H and O–H groups in total. The fraction of sp³-hybridized carbons (Fsp3) is 0.353. The van der Waals surface area contributed by atoms with Crippen molar-refractivity contribution in [2.45, 2.75) is 33.6 Å². The quantitative estimate of drug-likeness (QED) is 0.903. The maximum Gasteiger partial charge on any atom is 0.148 e. The third-order valence-corrected chi connectivity index (χ3v) is 3.26. The van der Waals surface area contributed by atoms with E-state index in [4.69, 9.17) is 10.5 Å². The van der Waals surface area contributed by atoms with Gasteiger partial charge in [0.1, 0.15) is 11.5 Å². The van der Waals surface area contributed by atoms with Crippen LogP contribution in [0.3, 0.4) is 0 Å². The Morgan fingerprint density at radius 3 is 2.55 bits per heavy atom. The molecule has 2 aromatic rings. The van der Waals surface area contributed by atoms with Gasteiger partial charge in [-0.3, -0.25) is 4.98 Å². The molecular weight excluding hydrogens is 248 g/mol. The molecule has 0 aliphatic heterocycles. The number of hydrogen-bond acceptors (Lipinski definition) is 3. The monoisotopic (exact) mass is 270 g/mol. The first kappa shape index (κ1) is 14.5. The number of pyridine rings is 1. The highest BCUT2D eigenvalue weighted by molar-refractivity contribution is 5.42. The summed E-state index contributed by atoms with van der Waals surface area (Å²) in [6, 6.07) is 10.2. The number of benzene rings is 1. The van der Waals surface area contributed by atoms with Crippen LogP contribution in [0.1, 0.15) is 29.4 Å². The Morgan fingerprint density at radius 1 is 1.10 bits per heavy atom. The first-order chi connectivity index (χ1) is 9.63. The summed E-state index contributed by atoms with van der Waals surface area (Å²) in [7, 11) is 0. The molecule has 3 heteroatoms. The molecule has 0 amide bonds. The molecular formula is C17H22N2O. The number of rotatable bonds is 5. The molecule has 106 valence electrons. The van der Waals surface area contributed by atoms with Gasteiger partial charge in [-0.1, -0.05) is 24.6 Å². The van der Waals surface area contributed by atoms with Crippen molar-refractivity contribution in [2.24, 2.45) is 5.73 Å². The van der Waals surface area contributed by atoms with Crippen LogP contribution in [0.15, 0.2) is 30.3 Å². The fourth-order valence-electron chi connectivity index (χ4n) is 2.22. The summed E-state index contributed by atoms with van der Waals surface area (Å²) in [6.45, 7) is 6.78. The van der Waals surface area contributed by atoms with Gasteiger partial charge in [-0.25, -0.2) is 0 Å². The molecule has 20 heavy (non-hydrogen) atoms. The average Bonchev–Trinajstić information content (AvgIpc) is 2.43. The zero-order valence-electron chi connectivity index (χ0n) is 12.4. The molecule has 1 aromatic carbocycles. The Hall–Kier alpha value is -1.87. The summed E-state index contributed by atoms with van der Waals surface area (Å²) >= 11 is 0. The maximum atomic E-state index is 6.08. The van der Waals surface area contributed by atoms with Gasteiger partial charge in [-0.05, 0) is 57.0 Å². The topological polar surface area (TPSA) is 48.1 Å². The Balaban J connectivity index is 2.34. The molecule has 0 fully saturated rings. The molecule has 0 bridgehead atoms. The predicted octanol–water partition coefficient (Wildman–Crippen LogP) is 3.55. The van der Waals surface area contributed by atoms with E-state index in [2.05, 4.69) is 31.0 Å². The van der Waals surface area contributed by atoms with Gasteiger partial charge in [0, 0.05) is 5.69 Å². The molecule has 1 aromatic heterocycles. The van der Waals surface area contributed by atoms with Crippen molar-refractivity contribution in [3.05, 3.63) is 52.8 Å². The van der Waals surface area contributed by atoms with E-state index in [0.717, 1.165) is 41.3 Å². The Kier molecular flexibility index (Phi) is 4.74. The lowest BCUT2D eigenvalue weighted by molar-refractivity contribution is 0.466. The number of nitrogens with two attached hydrogens (primary N) is 1. The lowest BCUT2D eigenvalue weighted by atomic mass is 10.1. The van der Waals surface area contributed by atoms with Gasteiger partial charge in [0.25, 0.3) is 0 Å². The van der Waals surface area contributed by atoms with Crippen LogP contribution in [0.5, 0.6) is 11.5 Å². The fourth-order valence-corrected chi connectivity index (χ4v) is 2.22. The normalized spacial score (nSPS) is 10.6. The lowest BCUT2D eigenvalue weighted by Gasteiger charge is -2.14. The van der Waals surface area contributed by atoms with E-state index in [1.54, 1.807) is 0 Å². The third kappa shape index (κ3) is 3.36. The molecule has 0 atom stereocenters. The van der Waals surface area contributed by atoms with E-state index in [9.17, 15) is 0 Å². The second-order valence-electron chi connectivity index (χ2n) is 5.00. The Morgan fingerprint density at radius 2 is 1.85 bits per heavy atom. The van der Waals surface area contributed by atoms with Crippen LogP contribution in [-0.2, 0) is 12.8 Å². The highest BCUT2D eigenvalue weighted by Gasteiger charge is 2.09. The maximum absolute atomic E-state index is 6.08. The summed E-state index contributed by atoms with van der Waals surface area (Å²) in [5, 5.41) is 0. The SMILES string of the molecule is CCc1nc(C)ccc1Oc1ccc(C)cc1CCN. The molecule has 2 rings (SSSR count). The minimum Gasteiger partial charge on any atom is -0.455 e. The highest BCUT2D eigenvalue weighted by Crippen LogP contribution is 2.29. The minimum absolute atomic E-state index is 0.618. The van der Waals surface area contributed by atoms with Crippen molar-refractivity contribution in [1.82, 2.24) is 4.98 Å². The van der Waals surface area contributed by atoms with Gasteiger partial charge in [0.2, 0.25) is 0 Å². The summed E-state index contributed by atoms with van der Waals surface area (Å²) in [5.41, 5.74) is 10.1. The number of aryl methyl sites for hydroxylation is 3. The van der Waals surface area contributed by atoms with Gasteiger partial charge in [0.05, 0.1) is 5.69 Å². The van der Waals surface area contributed by atoms with E-state index in [1.807, 2.05) is 25.1 Å². The molecule has 0 spiro atoms. The molecule has 0 saturated heterocycles. The number of aromatic nitrogens is 1. The van der Waals surface area contributed by atoms with Crippen LogP contribution in [0.4, 0.5) is 0 Å². The van der Waals surface area contributed by atoms with Crippen LogP contribution in [0.25, 0.3) is 0 Å². The van der Waals surface area contributed by atoms with E-state index in [1.165, 1.54) is 5.56 Å². The highest BCUT2D eigenvalue weighted by atomic mass is 16.5. The van der Waals surface area contributed by atoms with Crippen LogP contribution < -0.4 is 10.5 Å². The van der Waals surface area contributed by atoms with Gasteiger partial charge in [-0.2, -0.15) is 0 Å². The molecule has 1 heterocycles. The zero-order valence-corrected chi connectivity index (χ0v) is 12.4. The summed E-state index contributed by atoms with van der Waals surface area (Å²) < 4.78 is 6.08. The predicted molar refractivity (Wildman–Crippen MR) is 82.4 cm³/mol. The molecule has 0 radical (unpaired) electrons. The number of nitrogens with zero attached hydrogens (tertiary/aromatic N) is 1. The van der Waals surface area contributed by atoms with Crippen molar-refractivity contribution in [2.75, 3.05) is 6.54 Å². The van der Waals surface area contributed by atoms with Crippen LogP contribution >= 0.6 is 0 Å². The number of ether oxygens (including phenoxy) is 1. The molecule has 0 saturated carbocycles. The Bertz CT molecular complexity index is 594.